The van der Waals surface area contributed by atoms with Crippen LogP contribution in [0.5, 0.6) is 23.0 Å². The fraction of sp³-hybridized carbons (Fsp3) is 0.365. The van der Waals surface area contributed by atoms with Gasteiger partial charge in [0.05, 0.1) is 26.4 Å². The van der Waals surface area contributed by atoms with Crippen molar-refractivity contribution in [1.29, 1.82) is 0 Å². The molecule has 0 aliphatic rings. The first-order chi connectivity index (χ1) is 36.5. The van der Waals surface area contributed by atoms with Crippen molar-refractivity contribution in [2.75, 3.05) is 39.5 Å². The highest BCUT2D eigenvalue weighted by atomic mass is 35.5. The van der Waals surface area contributed by atoms with Crippen LogP contribution in [0.15, 0.2) is 158 Å². The molecule has 1 N–H and O–H groups in total. The molecule has 0 saturated heterocycles. The van der Waals surface area contributed by atoms with Crippen molar-refractivity contribution in [2.24, 2.45) is 0 Å². The van der Waals surface area contributed by atoms with E-state index in [0.29, 0.717) is 58.7 Å². The lowest BCUT2D eigenvalue weighted by Gasteiger charge is -2.21. The zero-order chi connectivity index (χ0) is 53.7. The summed E-state index contributed by atoms with van der Waals surface area (Å²) in [6.07, 6.45) is 5.91. The van der Waals surface area contributed by atoms with Crippen molar-refractivity contribution in [3.05, 3.63) is 191 Å². The second kappa shape index (κ2) is 38.4. The van der Waals surface area contributed by atoms with Gasteiger partial charge in [0.25, 0.3) is 0 Å². The Morgan fingerprint density at radius 3 is 1.26 bits per heavy atom. The Bertz CT molecular complexity index is 2490. The maximum Gasteiger partial charge on any atom is 0.306 e. The summed E-state index contributed by atoms with van der Waals surface area (Å²) < 4.78 is 33.0. The molecule has 12 nitrogen and oxygen atoms in total. The van der Waals surface area contributed by atoms with Crippen LogP contribution in [0.4, 0.5) is 0 Å². The molecule has 76 heavy (non-hydrogen) atoms. The fourth-order valence-electron chi connectivity index (χ4n) is 7.36. The number of ether oxygens (including phenoxy) is 6. The molecule has 0 aliphatic carbocycles. The van der Waals surface area contributed by atoms with Crippen molar-refractivity contribution in [3.8, 4) is 23.0 Å². The topological polar surface area (TPSA) is 139 Å². The van der Waals surface area contributed by atoms with Crippen molar-refractivity contribution in [3.63, 3.8) is 0 Å². The van der Waals surface area contributed by atoms with Gasteiger partial charge in [-0.1, -0.05) is 117 Å². The summed E-state index contributed by atoms with van der Waals surface area (Å²) in [6.45, 7) is 12.6. The number of nitrogens with zero attached hydrogens (tertiary/aromatic N) is 1. The first-order valence-electron chi connectivity index (χ1n) is 25.9. The van der Waals surface area contributed by atoms with E-state index in [0.717, 1.165) is 85.0 Å². The summed E-state index contributed by atoms with van der Waals surface area (Å²) in [6, 6.07) is 51.9. The number of aryl methyl sites for hydroxylation is 2. The molecule has 6 rings (SSSR count). The SMILES string of the molecule is C.CC(=O)Cl.CCOc1ccc(COC(=O)CCCOc2ccc(CN(CCCc3ccccc3)C(C)=O)cc2)cc1.CCOc1ccc(COC(=O)CCCOc2ccc(CNCCCc3ccccc3)cc2)cc1. The lowest BCUT2D eigenvalue weighted by atomic mass is 10.1. The maximum atomic E-state index is 12.1. The van der Waals surface area contributed by atoms with E-state index < -0.39 is 0 Å². The standard InChI is InChI=1S/C31H37NO5.C29H35NO4.C2H3ClO.CH4/c1-3-35-29-19-15-28(16-20-29)24-37-31(34)12-8-22-36-30-17-13-27(14-18-30)23-32(25(2)33)21-7-11-26-9-5-4-6-10-26;1-2-32-27-18-14-26(15-19-27)23-34-29(31)11-7-21-33-28-16-12-25(13-17-28)22-30-20-6-10-24-8-4-3-5-9-24;1-2(3)4;/h4-6,9-10,13-20H,3,7-8,11-12,21-24H2,1-2H3;3-5,8-9,12-19,30H,2,6-7,10-11,20-23H2,1H3;1H3;1H4. The van der Waals surface area contributed by atoms with E-state index >= 15 is 0 Å². The van der Waals surface area contributed by atoms with Gasteiger partial charge in [-0.05, 0) is 152 Å². The minimum absolute atomic E-state index is 0. The van der Waals surface area contributed by atoms with Crippen LogP contribution in [-0.4, -0.2) is 67.5 Å². The van der Waals surface area contributed by atoms with E-state index in [4.69, 9.17) is 28.4 Å². The molecule has 6 aromatic carbocycles. The van der Waals surface area contributed by atoms with E-state index in [1.165, 1.54) is 23.6 Å². The van der Waals surface area contributed by atoms with Crippen LogP contribution in [0.3, 0.4) is 0 Å². The predicted octanol–water partition coefficient (Wildman–Crippen LogP) is 13.1. The number of halogens is 1. The molecule has 0 aliphatic heterocycles. The molecule has 13 heteroatoms. The Kier molecular flexibility index (Phi) is 31.9. The highest BCUT2D eigenvalue weighted by Gasteiger charge is 2.11. The van der Waals surface area contributed by atoms with Gasteiger partial charge in [0.15, 0.2) is 0 Å². The number of hydrogen-bond donors (Lipinski definition) is 1. The Morgan fingerprint density at radius 1 is 0.474 bits per heavy atom. The average Bonchev–Trinajstić information content (AvgIpc) is 3.42. The Hall–Kier alpha value is -7.15. The molecular weight excluding hydrogens is 980 g/mol. The molecule has 0 fully saturated rings. The smallest absolute Gasteiger partial charge is 0.306 e. The lowest BCUT2D eigenvalue weighted by molar-refractivity contribution is -0.146. The van der Waals surface area contributed by atoms with E-state index in [9.17, 15) is 19.2 Å². The van der Waals surface area contributed by atoms with Gasteiger partial charge >= 0.3 is 11.9 Å². The highest BCUT2D eigenvalue weighted by Crippen LogP contribution is 2.18. The number of esters is 2. The van der Waals surface area contributed by atoms with Gasteiger partial charge in [-0.2, -0.15) is 0 Å². The Morgan fingerprint density at radius 2 is 0.855 bits per heavy atom. The first-order valence-corrected chi connectivity index (χ1v) is 26.3. The molecule has 0 spiro atoms. The molecule has 0 radical (unpaired) electrons. The van der Waals surface area contributed by atoms with Gasteiger partial charge < -0.3 is 38.6 Å². The minimum Gasteiger partial charge on any atom is -0.494 e. The van der Waals surface area contributed by atoms with E-state index in [2.05, 4.69) is 71.5 Å². The Balaban J connectivity index is 0.000000370. The second-order valence-electron chi connectivity index (χ2n) is 17.4. The molecule has 0 saturated carbocycles. The number of nitrogens with one attached hydrogen (secondary N) is 1. The summed E-state index contributed by atoms with van der Waals surface area (Å²) in [5, 5.41) is 3.13. The maximum absolute atomic E-state index is 12.1. The van der Waals surface area contributed by atoms with Gasteiger partial charge in [-0.15, -0.1) is 0 Å². The summed E-state index contributed by atoms with van der Waals surface area (Å²) in [5.74, 6) is 2.79. The number of benzene rings is 6. The molecule has 0 aromatic heterocycles. The van der Waals surface area contributed by atoms with Gasteiger partial charge in [0, 0.05) is 46.3 Å². The zero-order valence-electron chi connectivity index (χ0n) is 44.1. The molecule has 408 valence electrons. The van der Waals surface area contributed by atoms with Crippen LogP contribution < -0.4 is 24.3 Å². The van der Waals surface area contributed by atoms with Crippen LogP contribution in [-0.2, 0) is 67.8 Å². The number of amides is 1. The van der Waals surface area contributed by atoms with Crippen LogP contribution >= 0.6 is 11.6 Å². The van der Waals surface area contributed by atoms with Crippen molar-refractivity contribution >= 4 is 34.7 Å². The van der Waals surface area contributed by atoms with E-state index in [-0.39, 0.29) is 43.7 Å². The van der Waals surface area contributed by atoms with Crippen LogP contribution in [0.2, 0.25) is 0 Å². The molecule has 0 heterocycles. The third kappa shape index (κ3) is 28.5. The highest BCUT2D eigenvalue weighted by molar-refractivity contribution is 6.62. The van der Waals surface area contributed by atoms with Gasteiger partial charge in [0.1, 0.15) is 36.2 Å². The lowest BCUT2D eigenvalue weighted by Crippen LogP contribution is -2.29. The summed E-state index contributed by atoms with van der Waals surface area (Å²) in [4.78, 5) is 47.2. The fourth-order valence-corrected chi connectivity index (χ4v) is 7.36. The second-order valence-corrected chi connectivity index (χ2v) is 18.0. The largest absolute Gasteiger partial charge is 0.494 e. The first kappa shape index (κ1) is 63.1. The summed E-state index contributed by atoms with van der Waals surface area (Å²) >= 11 is 4.64. The number of hydrogen-bond acceptors (Lipinski definition) is 11. The number of rotatable bonds is 30. The third-order valence-electron chi connectivity index (χ3n) is 11.2. The third-order valence-corrected chi connectivity index (χ3v) is 11.2. The number of carbonyl (C=O) groups is 4. The van der Waals surface area contributed by atoms with Crippen molar-refractivity contribution in [2.45, 2.75) is 113 Å². The normalized spacial score (nSPS) is 10.2. The van der Waals surface area contributed by atoms with Crippen molar-refractivity contribution in [1.82, 2.24) is 10.2 Å². The Labute approximate surface area is 457 Å². The van der Waals surface area contributed by atoms with Gasteiger partial charge in [-0.25, -0.2) is 0 Å². The number of carbonyl (C=O) groups excluding carboxylic acids is 4. The molecular formula is C63H79ClN2O10. The van der Waals surface area contributed by atoms with E-state index in [1.54, 1.807) is 6.92 Å². The molecule has 6 aromatic rings. The summed E-state index contributed by atoms with van der Waals surface area (Å²) in [5.41, 5.74) is 6.82. The quantitative estimate of drug-likeness (QED) is 0.0262. The molecule has 0 atom stereocenters. The monoisotopic (exact) mass is 1060 g/mol. The van der Waals surface area contributed by atoms with Gasteiger partial charge in [-0.3, -0.25) is 19.2 Å². The molecule has 0 bridgehead atoms. The molecule has 1 amide bonds. The molecule has 0 unspecified atom stereocenters. The van der Waals surface area contributed by atoms with E-state index in [1.807, 2.05) is 122 Å². The minimum atomic E-state index is -0.361. The van der Waals surface area contributed by atoms with Crippen molar-refractivity contribution < 1.29 is 47.6 Å². The van der Waals surface area contributed by atoms with Crippen LogP contribution in [0, 0.1) is 0 Å². The zero-order valence-corrected chi connectivity index (χ0v) is 44.9. The van der Waals surface area contributed by atoms with Gasteiger partial charge in [0.2, 0.25) is 11.1 Å². The average molecular weight is 1060 g/mol. The van der Waals surface area contributed by atoms with Crippen LogP contribution in [0.25, 0.3) is 0 Å². The predicted molar refractivity (Wildman–Crippen MR) is 303 cm³/mol. The summed E-state index contributed by atoms with van der Waals surface area (Å²) in [7, 11) is 0. The van der Waals surface area contributed by atoms with Crippen LogP contribution in [0.1, 0.15) is 107 Å².